The van der Waals surface area contributed by atoms with Gasteiger partial charge in [0.1, 0.15) is 5.82 Å². The molecule has 0 atom stereocenters. The molecule has 0 bridgehead atoms. The summed E-state index contributed by atoms with van der Waals surface area (Å²) in [6.07, 6.45) is 4.19. The van der Waals surface area contributed by atoms with Crippen LogP contribution in [0.4, 0.5) is 0 Å². The van der Waals surface area contributed by atoms with Crippen LogP contribution in [0.2, 0.25) is 5.28 Å². The van der Waals surface area contributed by atoms with Crippen molar-refractivity contribution >= 4 is 22.5 Å². The van der Waals surface area contributed by atoms with Crippen molar-refractivity contribution in [3.63, 3.8) is 0 Å². The molecule has 1 aromatic carbocycles. The van der Waals surface area contributed by atoms with Gasteiger partial charge in [-0.15, -0.1) is 10.2 Å². The largest absolute Gasteiger partial charge is 0.297 e. The average Bonchev–Trinajstić information content (AvgIpc) is 3.26. The number of rotatable bonds is 3. The zero-order valence-corrected chi connectivity index (χ0v) is 11.6. The molecule has 1 aliphatic rings. The van der Waals surface area contributed by atoms with Gasteiger partial charge in [-0.25, -0.2) is 0 Å². The fraction of sp³-hybridized carbons (Fsp3) is 0.267. The molecule has 100 valence electrons. The van der Waals surface area contributed by atoms with Crippen LogP contribution >= 0.6 is 11.6 Å². The Balaban J connectivity index is 1.80. The molecule has 20 heavy (non-hydrogen) atoms. The topological polar surface area (TPSA) is 43.6 Å². The Morgan fingerprint density at radius 2 is 2.00 bits per heavy atom. The Bertz CT molecular complexity index is 771. The number of para-hydroxylation sites is 1. The summed E-state index contributed by atoms with van der Waals surface area (Å²) in [5, 5.41) is 9.83. The number of aromatic nitrogens is 4. The maximum atomic E-state index is 6.19. The van der Waals surface area contributed by atoms with Gasteiger partial charge < -0.3 is 0 Å². The van der Waals surface area contributed by atoms with E-state index in [4.69, 9.17) is 11.6 Å². The summed E-state index contributed by atoms with van der Waals surface area (Å²) in [6.45, 7) is 0.673. The van der Waals surface area contributed by atoms with Crippen LogP contribution in [0.25, 0.3) is 10.9 Å². The van der Waals surface area contributed by atoms with Crippen LogP contribution in [-0.4, -0.2) is 19.7 Å². The van der Waals surface area contributed by atoms with Crippen LogP contribution in [0.1, 0.15) is 30.1 Å². The Hall–Kier alpha value is -1.94. The summed E-state index contributed by atoms with van der Waals surface area (Å²) in [5.74, 6) is 1.53. The number of halogens is 1. The van der Waals surface area contributed by atoms with Gasteiger partial charge in [-0.05, 0) is 36.1 Å². The molecule has 1 saturated carbocycles. The van der Waals surface area contributed by atoms with Crippen molar-refractivity contribution in [1.29, 1.82) is 0 Å². The van der Waals surface area contributed by atoms with Crippen LogP contribution in [0, 0.1) is 0 Å². The maximum Gasteiger partial charge on any atom is 0.225 e. The van der Waals surface area contributed by atoms with E-state index in [0.29, 0.717) is 17.7 Å². The lowest BCUT2D eigenvalue weighted by Gasteiger charge is -2.09. The molecule has 2 heterocycles. The number of hydrogen-bond acceptors (Lipinski definition) is 3. The van der Waals surface area contributed by atoms with Crippen LogP contribution < -0.4 is 0 Å². The molecular weight excluding hydrogens is 272 g/mol. The number of benzene rings is 1. The average molecular weight is 285 g/mol. The SMILES string of the molecule is Clc1nnc(C2CC2)n1Cc1cccc2cccnc12. The molecule has 0 aliphatic heterocycles. The molecule has 0 radical (unpaired) electrons. The Morgan fingerprint density at radius 3 is 2.85 bits per heavy atom. The van der Waals surface area contributed by atoms with Crippen molar-refractivity contribution in [2.24, 2.45) is 0 Å². The summed E-state index contributed by atoms with van der Waals surface area (Å²) in [5.41, 5.74) is 2.16. The number of hydrogen-bond donors (Lipinski definition) is 0. The highest BCUT2D eigenvalue weighted by molar-refractivity contribution is 6.28. The summed E-state index contributed by atoms with van der Waals surface area (Å²) in [7, 11) is 0. The van der Waals surface area contributed by atoms with E-state index in [0.717, 1.165) is 22.3 Å². The highest BCUT2D eigenvalue weighted by atomic mass is 35.5. The third-order valence-corrected chi connectivity index (χ3v) is 4.00. The van der Waals surface area contributed by atoms with Crippen LogP contribution in [0.15, 0.2) is 36.5 Å². The Kier molecular flexibility index (Phi) is 2.70. The van der Waals surface area contributed by atoms with E-state index in [9.17, 15) is 0 Å². The van der Waals surface area contributed by atoms with Crippen molar-refractivity contribution in [3.05, 3.63) is 53.2 Å². The lowest BCUT2D eigenvalue weighted by Crippen LogP contribution is -2.05. The van der Waals surface area contributed by atoms with E-state index in [1.165, 1.54) is 12.8 Å². The van der Waals surface area contributed by atoms with Crippen molar-refractivity contribution in [1.82, 2.24) is 19.7 Å². The second-order valence-electron chi connectivity index (χ2n) is 5.18. The van der Waals surface area contributed by atoms with Crippen LogP contribution in [-0.2, 0) is 6.54 Å². The third kappa shape index (κ3) is 1.96. The molecule has 0 spiro atoms. The van der Waals surface area contributed by atoms with Gasteiger partial charge in [0.15, 0.2) is 0 Å². The molecule has 3 aromatic rings. The zero-order chi connectivity index (χ0) is 13.5. The first-order valence-corrected chi connectivity index (χ1v) is 7.12. The van der Waals surface area contributed by atoms with E-state index < -0.39 is 0 Å². The fourth-order valence-corrected chi connectivity index (χ4v) is 2.73. The number of pyridine rings is 1. The first-order valence-electron chi connectivity index (χ1n) is 6.74. The summed E-state index contributed by atoms with van der Waals surface area (Å²) >= 11 is 6.19. The lowest BCUT2D eigenvalue weighted by atomic mass is 10.1. The summed E-state index contributed by atoms with van der Waals surface area (Å²) < 4.78 is 2.00. The van der Waals surface area contributed by atoms with Crippen LogP contribution in [0.5, 0.6) is 0 Å². The van der Waals surface area contributed by atoms with E-state index in [2.05, 4.69) is 39.4 Å². The molecule has 0 unspecified atom stereocenters. The van der Waals surface area contributed by atoms with Gasteiger partial charge in [-0.3, -0.25) is 9.55 Å². The molecule has 5 heteroatoms. The van der Waals surface area contributed by atoms with E-state index in [1.807, 2.05) is 16.8 Å². The van der Waals surface area contributed by atoms with Gasteiger partial charge in [-0.2, -0.15) is 0 Å². The monoisotopic (exact) mass is 284 g/mol. The van der Waals surface area contributed by atoms with Crippen molar-refractivity contribution in [2.45, 2.75) is 25.3 Å². The van der Waals surface area contributed by atoms with Gasteiger partial charge in [0.25, 0.3) is 0 Å². The Morgan fingerprint density at radius 1 is 1.15 bits per heavy atom. The summed E-state index contributed by atoms with van der Waals surface area (Å²) in [4.78, 5) is 4.48. The minimum Gasteiger partial charge on any atom is -0.297 e. The van der Waals surface area contributed by atoms with E-state index in [1.54, 1.807) is 0 Å². The predicted octanol–water partition coefficient (Wildman–Crippen LogP) is 3.41. The van der Waals surface area contributed by atoms with Gasteiger partial charge in [0.2, 0.25) is 5.28 Å². The lowest BCUT2D eigenvalue weighted by molar-refractivity contribution is 0.729. The molecule has 0 saturated heterocycles. The molecule has 2 aromatic heterocycles. The third-order valence-electron chi connectivity index (χ3n) is 3.72. The van der Waals surface area contributed by atoms with Gasteiger partial charge in [-0.1, -0.05) is 24.3 Å². The van der Waals surface area contributed by atoms with Gasteiger partial charge >= 0.3 is 0 Å². The second kappa shape index (κ2) is 4.56. The van der Waals surface area contributed by atoms with Gasteiger partial charge in [0, 0.05) is 17.5 Å². The van der Waals surface area contributed by atoms with Crippen molar-refractivity contribution in [2.75, 3.05) is 0 Å². The highest BCUT2D eigenvalue weighted by Gasteiger charge is 2.30. The second-order valence-corrected chi connectivity index (χ2v) is 5.52. The molecule has 0 amide bonds. The first kappa shape index (κ1) is 11.9. The molecule has 4 rings (SSSR count). The standard InChI is InChI=1S/C15H13ClN4/c16-15-19-18-14(11-6-7-11)20(15)9-12-4-1-3-10-5-2-8-17-13(10)12/h1-5,8,11H,6-7,9H2. The minimum atomic E-state index is 0.458. The predicted molar refractivity (Wildman–Crippen MR) is 77.9 cm³/mol. The molecule has 4 nitrogen and oxygen atoms in total. The van der Waals surface area contributed by atoms with E-state index in [-0.39, 0.29) is 0 Å². The molecular formula is C15H13ClN4. The van der Waals surface area contributed by atoms with Crippen molar-refractivity contribution in [3.8, 4) is 0 Å². The Labute approximate surface area is 121 Å². The summed E-state index contributed by atoms with van der Waals surface area (Å²) in [6, 6.07) is 10.2. The minimum absolute atomic E-state index is 0.458. The number of fused-ring (bicyclic) bond motifs is 1. The number of nitrogens with zero attached hydrogens (tertiary/aromatic N) is 4. The van der Waals surface area contributed by atoms with Gasteiger partial charge in [0.05, 0.1) is 12.1 Å². The van der Waals surface area contributed by atoms with Crippen molar-refractivity contribution < 1.29 is 0 Å². The smallest absolute Gasteiger partial charge is 0.225 e. The molecule has 1 aliphatic carbocycles. The highest BCUT2D eigenvalue weighted by Crippen LogP contribution is 2.39. The van der Waals surface area contributed by atoms with Crippen LogP contribution in [0.3, 0.4) is 0 Å². The molecule has 1 fully saturated rings. The normalized spacial score (nSPS) is 14.8. The van der Waals surface area contributed by atoms with E-state index >= 15 is 0 Å². The zero-order valence-electron chi connectivity index (χ0n) is 10.8. The molecule has 0 N–H and O–H groups in total. The quantitative estimate of drug-likeness (QED) is 0.740. The fourth-order valence-electron chi connectivity index (χ4n) is 2.55. The maximum absolute atomic E-state index is 6.19. The first-order chi connectivity index (χ1) is 9.83.